The van der Waals surface area contributed by atoms with Crippen molar-refractivity contribution in [3.8, 4) is 28.7 Å². The topological polar surface area (TPSA) is 78.5 Å². The lowest BCUT2D eigenvalue weighted by Crippen LogP contribution is -2.49. The monoisotopic (exact) mass is 534 g/mol. The highest BCUT2D eigenvalue weighted by Crippen LogP contribution is 2.48. The van der Waals surface area contributed by atoms with Crippen molar-refractivity contribution >= 4 is 5.91 Å². The molecule has 39 heavy (non-hydrogen) atoms. The maximum absolute atomic E-state index is 13.4. The second-order valence-electron chi connectivity index (χ2n) is 9.49. The maximum Gasteiger partial charge on any atom is 0.237 e. The number of benzene rings is 3. The molecule has 0 fully saturated rings. The van der Waals surface area contributed by atoms with Gasteiger partial charge in [0.05, 0.1) is 41.6 Å². The van der Waals surface area contributed by atoms with E-state index in [1.807, 2.05) is 61.5 Å². The van der Waals surface area contributed by atoms with Gasteiger partial charge < -0.3 is 29.0 Å². The van der Waals surface area contributed by atoms with Crippen LogP contribution in [0.2, 0.25) is 0 Å². The summed E-state index contributed by atoms with van der Waals surface area (Å²) in [6.07, 6.45) is 1.35. The van der Waals surface area contributed by atoms with Gasteiger partial charge in [0, 0.05) is 24.7 Å². The second-order valence-corrected chi connectivity index (χ2v) is 9.49. The van der Waals surface area contributed by atoms with Crippen LogP contribution in [0.1, 0.15) is 35.2 Å². The maximum atomic E-state index is 13.4. The molecule has 0 aromatic heterocycles. The Morgan fingerprint density at radius 1 is 0.846 bits per heavy atom. The van der Waals surface area contributed by atoms with E-state index in [4.69, 9.17) is 23.7 Å². The molecule has 3 aromatic carbocycles. The molecule has 8 heteroatoms. The zero-order chi connectivity index (χ0) is 27.9. The molecule has 0 saturated carbocycles. The minimum atomic E-state index is -0.369. The summed E-state index contributed by atoms with van der Waals surface area (Å²) in [5.74, 6) is 3.15. The van der Waals surface area contributed by atoms with E-state index in [-0.39, 0.29) is 18.0 Å². The number of nitrogens with one attached hydrogen (secondary N) is 1. The highest BCUT2D eigenvalue weighted by Gasteiger charge is 2.37. The fourth-order valence-electron chi connectivity index (χ4n) is 5.37. The van der Waals surface area contributed by atoms with Gasteiger partial charge in [-0.15, -0.1) is 0 Å². The Morgan fingerprint density at radius 3 is 2.18 bits per heavy atom. The molecule has 1 N–H and O–H groups in total. The highest BCUT2D eigenvalue weighted by molar-refractivity contribution is 5.81. The summed E-state index contributed by atoms with van der Waals surface area (Å²) in [4.78, 5) is 15.7. The van der Waals surface area contributed by atoms with Gasteiger partial charge in [-0.25, -0.2) is 0 Å². The van der Waals surface area contributed by atoms with Gasteiger partial charge in [-0.05, 0) is 54.7 Å². The molecule has 4 rings (SSSR count). The summed E-state index contributed by atoms with van der Waals surface area (Å²) in [5, 5.41) is 3.11. The van der Waals surface area contributed by atoms with E-state index in [9.17, 15) is 4.79 Å². The standard InChI is InChI=1S/C31H38N2O6/c1-20(31(34)32-19-21-10-8-7-9-11-21)33-15-14-23-24(18-28(37-4)30(39-6)29(23)38-5)25(33)16-22-12-13-26(35-2)27(17-22)36-3/h7-13,17-18,20,25H,14-16,19H2,1-6H3,(H,32,34). The third-order valence-corrected chi connectivity index (χ3v) is 7.41. The van der Waals surface area contributed by atoms with Gasteiger partial charge in [-0.1, -0.05) is 36.4 Å². The third kappa shape index (κ3) is 5.91. The molecule has 0 aliphatic carbocycles. The second kappa shape index (κ2) is 12.8. The summed E-state index contributed by atoms with van der Waals surface area (Å²) >= 11 is 0. The number of hydrogen-bond donors (Lipinski definition) is 1. The van der Waals surface area contributed by atoms with E-state index in [0.717, 1.165) is 22.3 Å². The van der Waals surface area contributed by atoms with E-state index in [1.54, 1.807) is 35.5 Å². The van der Waals surface area contributed by atoms with E-state index < -0.39 is 0 Å². The molecule has 1 heterocycles. The van der Waals surface area contributed by atoms with Crippen LogP contribution in [0.5, 0.6) is 28.7 Å². The number of amides is 1. The fourth-order valence-corrected chi connectivity index (χ4v) is 5.37. The van der Waals surface area contributed by atoms with Crippen molar-refractivity contribution in [2.45, 2.75) is 38.4 Å². The number of nitrogens with zero attached hydrogens (tertiary/aromatic N) is 1. The lowest BCUT2D eigenvalue weighted by Gasteiger charge is -2.41. The molecule has 1 aliphatic heterocycles. The Balaban J connectivity index is 1.72. The number of ether oxygens (including phenoxy) is 5. The van der Waals surface area contributed by atoms with Crippen molar-refractivity contribution in [2.75, 3.05) is 42.1 Å². The van der Waals surface area contributed by atoms with Crippen molar-refractivity contribution in [2.24, 2.45) is 0 Å². The Morgan fingerprint density at radius 2 is 1.54 bits per heavy atom. The minimum Gasteiger partial charge on any atom is -0.493 e. The quantitative estimate of drug-likeness (QED) is 0.386. The molecular formula is C31H38N2O6. The number of rotatable bonds is 11. The normalized spacial score (nSPS) is 15.6. The average Bonchev–Trinajstić information content (AvgIpc) is 2.98. The first-order valence-corrected chi connectivity index (χ1v) is 13.1. The predicted molar refractivity (Wildman–Crippen MR) is 150 cm³/mol. The summed E-state index contributed by atoms with van der Waals surface area (Å²) in [5.41, 5.74) is 4.23. The molecule has 208 valence electrons. The first-order valence-electron chi connectivity index (χ1n) is 13.1. The van der Waals surface area contributed by atoms with Gasteiger partial charge in [0.2, 0.25) is 11.7 Å². The van der Waals surface area contributed by atoms with Crippen LogP contribution in [0.4, 0.5) is 0 Å². The van der Waals surface area contributed by atoms with Gasteiger partial charge in [0.15, 0.2) is 23.0 Å². The zero-order valence-electron chi connectivity index (χ0n) is 23.6. The summed E-state index contributed by atoms with van der Waals surface area (Å²) in [7, 11) is 8.13. The van der Waals surface area contributed by atoms with Crippen molar-refractivity contribution < 1.29 is 28.5 Å². The van der Waals surface area contributed by atoms with Gasteiger partial charge in [0.25, 0.3) is 0 Å². The zero-order valence-corrected chi connectivity index (χ0v) is 23.6. The molecule has 3 aromatic rings. The molecule has 0 radical (unpaired) electrons. The number of fused-ring (bicyclic) bond motifs is 1. The Bertz CT molecular complexity index is 1280. The number of methoxy groups -OCH3 is 5. The van der Waals surface area contributed by atoms with Crippen LogP contribution in [0.25, 0.3) is 0 Å². The molecule has 0 bridgehead atoms. The average molecular weight is 535 g/mol. The first kappa shape index (κ1) is 28.1. The Kier molecular flexibility index (Phi) is 9.19. The molecule has 2 atom stereocenters. The van der Waals surface area contributed by atoms with Crippen LogP contribution in [0.15, 0.2) is 54.6 Å². The molecule has 1 amide bonds. The van der Waals surface area contributed by atoms with Crippen LogP contribution < -0.4 is 29.0 Å². The summed E-state index contributed by atoms with van der Waals surface area (Å²) < 4.78 is 28.2. The van der Waals surface area contributed by atoms with E-state index in [2.05, 4.69) is 10.2 Å². The lowest BCUT2D eigenvalue weighted by molar-refractivity contribution is -0.127. The van der Waals surface area contributed by atoms with Crippen LogP contribution in [0, 0.1) is 0 Å². The number of carbonyl (C=O) groups excluding carboxylic acids is 1. The third-order valence-electron chi connectivity index (χ3n) is 7.41. The van der Waals surface area contributed by atoms with Crippen LogP contribution in [-0.4, -0.2) is 58.9 Å². The lowest BCUT2D eigenvalue weighted by atomic mass is 9.86. The molecule has 1 aliphatic rings. The molecule has 8 nitrogen and oxygen atoms in total. The van der Waals surface area contributed by atoms with Crippen LogP contribution >= 0.6 is 0 Å². The van der Waals surface area contributed by atoms with Crippen molar-refractivity contribution in [3.63, 3.8) is 0 Å². The molecule has 0 spiro atoms. The van der Waals surface area contributed by atoms with E-state index in [0.29, 0.717) is 54.7 Å². The van der Waals surface area contributed by atoms with Crippen molar-refractivity contribution in [1.82, 2.24) is 10.2 Å². The first-order chi connectivity index (χ1) is 18.9. The Labute approximate surface area is 230 Å². The predicted octanol–water partition coefficient (Wildman–Crippen LogP) is 4.58. The van der Waals surface area contributed by atoms with Gasteiger partial charge in [-0.3, -0.25) is 9.69 Å². The van der Waals surface area contributed by atoms with Crippen LogP contribution in [0.3, 0.4) is 0 Å². The molecular weight excluding hydrogens is 496 g/mol. The van der Waals surface area contributed by atoms with Gasteiger partial charge in [-0.2, -0.15) is 0 Å². The Hall–Kier alpha value is -3.91. The SMILES string of the molecule is COc1ccc(CC2c3cc(OC)c(OC)c(OC)c3CCN2C(C)C(=O)NCc2ccccc2)cc1OC. The van der Waals surface area contributed by atoms with Crippen molar-refractivity contribution in [3.05, 3.63) is 76.9 Å². The smallest absolute Gasteiger partial charge is 0.237 e. The number of carbonyl (C=O) groups is 1. The summed E-state index contributed by atoms with van der Waals surface area (Å²) in [6, 6.07) is 17.4. The van der Waals surface area contributed by atoms with Crippen molar-refractivity contribution in [1.29, 1.82) is 0 Å². The number of hydrogen-bond acceptors (Lipinski definition) is 7. The highest BCUT2D eigenvalue weighted by atomic mass is 16.5. The molecule has 2 unspecified atom stereocenters. The fraction of sp³-hybridized carbons (Fsp3) is 0.387. The minimum absolute atomic E-state index is 0.0212. The molecule has 0 saturated heterocycles. The largest absolute Gasteiger partial charge is 0.493 e. The van der Waals surface area contributed by atoms with Crippen LogP contribution in [-0.2, 0) is 24.2 Å². The van der Waals surface area contributed by atoms with Gasteiger partial charge in [0.1, 0.15) is 0 Å². The van der Waals surface area contributed by atoms with E-state index in [1.165, 1.54) is 0 Å². The van der Waals surface area contributed by atoms with Gasteiger partial charge >= 0.3 is 0 Å². The van der Waals surface area contributed by atoms with E-state index >= 15 is 0 Å². The summed E-state index contributed by atoms with van der Waals surface area (Å²) in [6.45, 7) is 3.12.